The van der Waals surface area contributed by atoms with Crippen molar-refractivity contribution < 1.29 is 14.5 Å². The van der Waals surface area contributed by atoms with Gasteiger partial charge in [-0.05, 0) is 45.3 Å². The third-order valence-corrected chi connectivity index (χ3v) is 6.68. The molecule has 0 saturated carbocycles. The Kier molecular flexibility index (Phi) is 6.68. The number of anilines is 1. The van der Waals surface area contributed by atoms with Crippen molar-refractivity contribution in [2.24, 2.45) is 0 Å². The van der Waals surface area contributed by atoms with Crippen LogP contribution in [0.15, 0.2) is 24.3 Å². The number of methoxy groups -OCH3 is 1. The van der Waals surface area contributed by atoms with Gasteiger partial charge in [0.05, 0.1) is 26.6 Å². The number of thiazole rings is 1. The van der Waals surface area contributed by atoms with Crippen LogP contribution in [0.4, 0.5) is 10.1 Å². The molecule has 0 bridgehead atoms. The van der Waals surface area contributed by atoms with Crippen LogP contribution < -0.4 is 9.64 Å². The summed E-state index contributed by atoms with van der Waals surface area (Å²) in [5.74, 6) is 0.246. The normalized spacial score (nSPS) is 11.2. The van der Waals surface area contributed by atoms with E-state index in [0.29, 0.717) is 39.3 Å². The SMILES string of the molecule is COc1ccc(Cl)c2sc(N(CCCN(C)C)C(=O)c3ccc([N+](=O)[O-])s3)nc12. The molecule has 0 fully saturated rings. The van der Waals surface area contributed by atoms with Crippen LogP contribution in [0.2, 0.25) is 5.02 Å². The second-order valence-electron chi connectivity index (χ2n) is 6.43. The molecule has 2 heterocycles. The number of fused-ring (bicyclic) bond motifs is 1. The molecule has 11 heteroatoms. The standard InChI is InChI=1S/C18H19ClN4O4S2/c1-21(2)9-4-10-22(17(24)13-7-8-14(28-13)23(25)26)18-20-15-12(27-3)6-5-11(19)16(15)29-18/h5-8H,4,9-10H2,1-3H3. The molecule has 0 unspecified atom stereocenters. The molecule has 0 spiro atoms. The van der Waals surface area contributed by atoms with Crippen LogP contribution >= 0.6 is 34.3 Å². The molecule has 2 aromatic heterocycles. The largest absolute Gasteiger partial charge is 0.494 e. The Labute approximate surface area is 180 Å². The van der Waals surface area contributed by atoms with E-state index < -0.39 is 4.92 Å². The van der Waals surface area contributed by atoms with Crippen molar-refractivity contribution in [3.05, 3.63) is 44.3 Å². The summed E-state index contributed by atoms with van der Waals surface area (Å²) in [6.07, 6.45) is 0.715. The highest BCUT2D eigenvalue weighted by molar-refractivity contribution is 7.23. The van der Waals surface area contributed by atoms with E-state index in [1.807, 2.05) is 19.0 Å². The second-order valence-corrected chi connectivity index (χ2v) is 8.88. The fraction of sp³-hybridized carbons (Fsp3) is 0.333. The van der Waals surface area contributed by atoms with Gasteiger partial charge >= 0.3 is 5.00 Å². The van der Waals surface area contributed by atoms with Crippen molar-refractivity contribution >= 4 is 60.5 Å². The first-order chi connectivity index (χ1) is 13.8. The number of amides is 1. The van der Waals surface area contributed by atoms with E-state index in [-0.39, 0.29) is 10.9 Å². The molecule has 0 atom stereocenters. The fourth-order valence-corrected chi connectivity index (χ4v) is 4.77. The van der Waals surface area contributed by atoms with Crippen LogP contribution in [-0.2, 0) is 0 Å². The maximum Gasteiger partial charge on any atom is 0.324 e. The second kappa shape index (κ2) is 9.04. The summed E-state index contributed by atoms with van der Waals surface area (Å²) >= 11 is 8.47. The Balaban J connectivity index is 2.00. The highest BCUT2D eigenvalue weighted by Crippen LogP contribution is 2.39. The molecule has 3 aromatic rings. The molecule has 0 radical (unpaired) electrons. The summed E-state index contributed by atoms with van der Waals surface area (Å²) in [6.45, 7) is 1.20. The Morgan fingerprint density at radius 3 is 2.62 bits per heavy atom. The summed E-state index contributed by atoms with van der Waals surface area (Å²) in [5, 5.41) is 11.9. The van der Waals surface area contributed by atoms with Crippen LogP contribution in [0.5, 0.6) is 5.75 Å². The molecule has 29 heavy (non-hydrogen) atoms. The summed E-state index contributed by atoms with van der Waals surface area (Å²) in [5.41, 5.74) is 0.586. The van der Waals surface area contributed by atoms with Gasteiger partial charge in [-0.3, -0.25) is 19.8 Å². The van der Waals surface area contributed by atoms with Gasteiger partial charge in [0.2, 0.25) is 0 Å². The lowest BCUT2D eigenvalue weighted by atomic mass is 10.3. The third kappa shape index (κ3) is 4.67. The number of hydrogen-bond acceptors (Lipinski definition) is 8. The Bertz CT molecular complexity index is 1050. The average molecular weight is 455 g/mol. The minimum absolute atomic E-state index is 0.0735. The highest BCUT2D eigenvalue weighted by Gasteiger charge is 2.25. The van der Waals surface area contributed by atoms with E-state index in [2.05, 4.69) is 4.98 Å². The lowest BCUT2D eigenvalue weighted by Crippen LogP contribution is -2.32. The predicted octanol–water partition coefficient (Wildman–Crippen LogP) is 4.53. The van der Waals surface area contributed by atoms with Crippen molar-refractivity contribution in [3.8, 4) is 5.75 Å². The van der Waals surface area contributed by atoms with E-state index in [4.69, 9.17) is 16.3 Å². The maximum absolute atomic E-state index is 13.2. The first kappa shape index (κ1) is 21.4. The first-order valence-corrected chi connectivity index (χ1v) is 10.7. The lowest BCUT2D eigenvalue weighted by Gasteiger charge is -2.20. The molecular formula is C18H19ClN4O4S2. The zero-order valence-electron chi connectivity index (χ0n) is 16.0. The number of carbonyl (C=O) groups is 1. The van der Waals surface area contributed by atoms with Crippen molar-refractivity contribution in [2.75, 3.05) is 39.2 Å². The van der Waals surface area contributed by atoms with Crippen molar-refractivity contribution in [3.63, 3.8) is 0 Å². The predicted molar refractivity (Wildman–Crippen MR) is 117 cm³/mol. The summed E-state index contributed by atoms with van der Waals surface area (Å²) < 4.78 is 6.09. The molecule has 8 nitrogen and oxygen atoms in total. The number of benzene rings is 1. The molecule has 1 aromatic carbocycles. The number of nitro groups is 1. The zero-order valence-corrected chi connectivity index (χ0v) is 18.4. The average Bonchev–Trinajstić information content (AvgIpc) is 3.33. The molecule has 154 valence electrons. The molecule has 0 N–H and O–H groups in total. The van der Waals surface area contributed by atoms with Gasteiger partial charge in [-0.1, -0.05) is 34.3 Å². The van der Waals surface area contributed by atoms with Gasteiger partial charge in [-0.25, -0.2) is 4.98 Å². The quantitative estimate of drug-likeness (QED) is 0.367. The van der Waals surface area contributed by atoms with E-state index in [9.17, 15) is 14.9 Å². The Morgan fingerprint density at radius 1 is 1.24 bits per heavy atom. The smallest absolute Gasteiger partial charge is 0.324 e. The van der Waals surface area contributed by atoms with E-state index in [1.54, 1.807) is 24.1 Å². The third-order valence-electron chi connectivity index (χ3n) is 4.11. The van der Waals surface area contributed by atoms with Crippen LogP contribution in [-0.4, -0.2) is 55.0 Å². The molecular weight excluding hydrogens is 436 g/mol. The zero-order chi connectivity index (χ0) is 21.1. The van der Waals surface area contributed by atoms with Gasteiger partial charge in [0, 0.05) is 12.6 Å². The van der Waals surface area contributed by atoms with E-state index in [0.717, 1.165) is 22.6 Å². The van der Waals surface area contributed by atoms with Gasteiger partial charge < -0.3 is 9.64 Å². The highest BCUT2D eigenvalue weighted by atomic mass is 35.5. The molecule has 3 rings (SSSR count). The molecule has 0 aliphatic heterocycles. The number of carbonyl (C=O) groups excluding carboxylic acids is 1. The van der Waals surface area contributed by atoms with Gasteiger partial charge in [0.1, 0.15) is 11.3 Å². The van der Waals surface area contributed by atoms with Crippen molar-refractivity contribution in [2.45, 2.75) is 6.42 Å². The van der Waals surface area contributed by atoms with Crippen LogP contribution in [0.25, 0.3) is 10.2 Å². The number of nitrogens with zero attached hydrogens (tertiary/aromatic N) is 4. The lowest BCUT2D eigenvalue weighted by molar-refractivity contribution is -0.380. The molecule has 0 aliphatic carbocycles. The number of halogens is 1. The summed E-state index contributed by atoms with van der Waals surface area (Å²) in [7, 11) is 5.46. The number of rotatable bonds is 8. The Morgan fingerprint density at radius 2 is 2.00 bits per heavy atom. The number of aromatic nitrogens is 1. The number of thiophene rings is 1. The topological polar surface area (TPSA) is 88.8 Å². The first-order valence-electron chi connectivity index (χ1n) is 8.65. The monoisotopic (exact) mass is 454 g/mol. The number of hydrogen-bond donors (Lipinski definition) is 0. The van der Waals surface area contributed by atoms with Gasteiger partial charge in [-0.2, -0.15) is 0 Å². The van der Waals surface area contributed by atoms with Gasteiger partial charge in [-0.15, -0.1) is 0 Å². The summed E-state index contributed by atoms with van der Waals surface area (Å²) in [4.78, 5) is 32.1. The van der Waals surface area contributed by atoms with Gasteiger partial charge in [0.15, 0.2) is 5.13 Å². The van der Waals surface area contributed by atoms with Gasteiger partial charge in [0.25, 0.3) is 5.91 Å². The van der Waals surface area contributed by atoms with Crippen molar-refractivity contribution in [1.82, 2.24) is 9.88 Å². The molecule has 0 aliphatic rings. The molecule has 1 amide bonds. The van der Waals surface area contributed by atoms with Crippen molar-refractivity contribution in [1.29, 1.82) is 0 Å². The van der Waals surface area contributed by atoms with Crippen LogP contribution in [0, 0.1) is 10.1 Å². The number of ether oxygens (including phenoxy) is 1. The maximum atomic E-state index is 13.2. The molecule has 0 saturated heterocycles. The van der Waals surface area contributed by atoms with E-state index in [1.165, 1.54) is 23.5 Å². The Hall–Kier alpha value is -2.27. The summed E-state index contributed by atoms with van der Waals surface area (Å²) in [6, 6.07) is 6.28. The van der Waals surface area contributed by atoms with Crippen LogP contribution in [0.3, 0.4) is 0 Å². The van der Waals surface area contributed by atoms with Crippen LogP contribution in [0.1, 0.15) is 16.1 Å². The minimum atomic E-state index is -0.500. The minimum Gasteiger partial charge on any atom is -0.494 e. The fourth-order valence-electron chi connectivity index (χ4n) is 2.72. The van der Waals surface area contributed by atoms with E-state index >= 15 is 0 Å².